The topological polar surface area (TPSA) is 55.1 Å². The van der Waals surface area contributed by atoms with E-state index in [1.165, 1.54) is 78.5 Å². The summed E-state index contributed by atoms with van der Waals surface area (Å²) in [5, 5.41) is 11.1. The summed E-state index contributed by atoms with van der Waals surface area (Å²) in [7, 11) is 0. The quantitative estimate of drug-likeness (QED) is 0.0937. The van der Waals surface area contributed by atoms with Crippen LogP contribution in [-0.4, -0.2) is 20.4 Å². The van der Waals surface area contributed by atoms with Gasteiger partial charge in [-0.25, -0.2) is 0 Å². The van der Waals surface area contributed by atoms with Crippen LogP contribution < -0.4 is 0 Å². The van der Waals surface area contributed by atoms with Crippen LogP contribution in [-0.2, 0) is 31.4 Å². The maximum Gasteiger partial charge on any atom is 0.155 e. The van der Waals surface area contributed by atoms with Crippen molar-refractivity contribution in [3.63, 3.8) is 0 Å². The molecule has 1 atom stereocenters. The summed E-state index contributed by atoms with van der Waals surface area (Å²) in [5.74, 6) is 0.645. The van der Waals surface area contributed by atoms with E-state index < -0.39 is 0 Å². The van der Waals surface area contributed by atoms with Crippen LogP contribution >= 0.6 is 0 Å². The van der Waals surface area contributed by atoms with Gasteiger partial charge in [0.25, 0.3) is 0 Å². The van der Waals surface area contributed by atoms with Crippen LogP contribution in [0.5, 0.6) is 0 Å². The Morgan fingerprint density at radius 3 is 2.29 bits per heavy atom. The summed E-state index contributed by atoms with van der Waals surface area (Å²) in [5.41, 5.74) is 7.08. The number of carbonyl (C=O) groups excluding carboxylic acids is 1. The Kier molecular flexibility index (Phi) is 12.1. The van der Waals surface area contributed by atoms with E-state index in [4.69, 9.17) is 5.11 Å². The summed E-state index contributed by atoms with van der Waals surface area (Å²) >= 11 is 0. The number of allylic oxidation sites excluding steroid dienone is 2. The molecule has 0 spiro atoms. The Morgan fingerprint density at radius 1 is 0.951 bits per heavy atom. The molecule has 1 radical (unpaired) electrons. The van der Waals surface area contributed by atoms with Crippen molar-refractivity contribution < 1.29 is 30.0 Å². The first kappa shape index (κ1) is 32.0. The fourth-order valence-electron chi connectivity index (χ4n) is 5.18. The third kappa shape index (κ3) is 8.25. The third-order valence-corrected chi connectivity index (χ3v) is 7.26. The molecule has 4 nitrogen and oxygen atoms in total. The molecule has 5 rings (SSSR count). The van der Waals surface area contributed by atoms with Gasteiger partial charge in [0.15, 0.2) is 5.78 Å². The first-order valence-electron chi connectivity index (χ1n) is 14.2. The number of hydrogen-bond donors (Lipinski definition) is 1. The van der Waals surface area contributed by atoms with Crippen molar-refractivity contribution in [1.82, 2.24) is 9.55 Å². The van der Waals surface area contributed by atoms with Crippen LogP contribution in [0.15, 0.2) is 96.9 Å². The molecule has 0 amide bonds. The zero-order chi connectivity index (χ0) is 28.5. The van der Waals surface area contributed by atoms with Gasteiger partial charge in [0.05, 0.1) is 5.76 Å². The summed E-state index contributed by atoms with van der Waals surface area (Å²) in [6.07, 6.45) is 8.08. The molecule has 5 heteroatoms. The fourth-order valence-corrected chi connectivity index (χ4v) is 5.18. The van der Waals surface area contributed by atoms with Gasteiger partial charge in [-0.1, -0.05) is 86.7 Å². The molecular formula is C36H39IrN2O2-. The smallest absolute Gasteiger partial charge is 0.155 e. The van der Waals surface area contributed by atoms with Crippen LogP contribution in [0.1, 0.15) is 53.4 Å². The zero-order valence-corrected chi connectivity index (χ0v) is 26.8. The predicted octanol–water partition coefficient (Wildman–Crippen LogP) is 9.57. The largest absolute Gasteiger partial charge is 0.512 e. The van der Waals surface area contributed by atoms with Crippen LogP contribution in [0.3, 0.4) is 0 Å². The van der Waals surface area contributed by atoms with Crippen molar-refractivity contribution in [2.75, 3.05) is 0 Å². The molecule has 0 saturated carbocycles. The number of ketones is 1. The van der Waals surface area contributed by atoms with Gasteiger partial charge in [-0.15, -0.1) is 29.8 Å². The average Bonchev–Trinajstić information content (AvgIpc) is 3.28. The minimum Gasteiger partial charge on any atom is -0.512 e. The second-order valence-corrected chi connectivity index (χ2v) is 10.4. The van der Waals surface area contributed by atoms with E-state index in [0.29, 0.717) is 5.92 Å². The van der Waals surface area contributed by atoms with Gasteiger partial charge < -0.3 is 14.7 Å². The number of rotatable bonds is 9. The van der Waals surface area contributed by atoms with Gasteiger partial charge in [-0.2, -0.15) is 0 Å². The van der Waals surface area contributed by atoms with E-state index in [9.17, 15) is 4.79 Å². The maximum atomic E-state index is 10.0. The number of aliphatic hydroxyl groups excluding tert-OH is 1. The van der Waals surface area contributed by atoms with Crippen LogP contribution in [0.2, 0.25) is 0 Å². The van der Waals surface area contributed by atoms with Crippen molar-refractivity contribution in [3.05, 3.63) is 103 Å². The van der Waals surface area contributed by atoms with E-state index in [2.05, 4.69) is 90.1 Å². The molecular weight excluding hydrogens is 685 g/mol. The second-order valence-electron chi connectivity index (χ2n) is 10.4. The van der Waals surface area contributed by atoms with E-state index in [0.717, 1.165) is 17.8 Å². The minimum atomic E-state index is -0.125. The predicted molar refractivity (Wildman–Crippen MR) is 167 cm³/mol. The fraction of sp³-hybridized carbons (Fsp3) is 0.278. The van der Waals surface area contributed by atoms with Gasteiger partial charge in [0.2, 0.25) is 0 Å². The molecule has 0 aliphatic rings. The molecule has 215 valence electrons. The van der Waals surface area contributed by atoms with E-state index in [-0.39, 0.29) is 31.6 Å². The summed E-state index contributed by atoms with van der Waals surface area (Å²) in [6.45, 7) is 8.55. The zero-order valence-electron chi connectivity index (χ0n) is 24.4. The normalized spacial score (nSPS) is 12.0. The average molecular weight is 724 g/mol. The Hall–Kier alpha value is -3.53. The van der Waals surface area contributed by atoms with Gasteiger partial charge in [-0.05, 0) is 50.1 Å². The Bertz CT molecular complexity index is 1580. The molecule has 1 unspecified atom stereocenters. The van der Waals surface area contributed by atoms with Crippen molar-refractivity contribution >= 4 is 27.6 Å². The molecule has 1 N–H and O–H groups in total. The number of nitrogens with zero attached hydrogens (tertiary/aromatic N) is 2. The Balaban J connectivity index is 0.000000516. The molecule has 2 heterocycles. The number of fused-ring (bicyclic) bond motifs is 3. The van der Waals surface area contributed by atoms with E-state index in [1.807, 2.05) is 24.4 Å². The first-order chi connectivity index (χ1) is 19.4. The van der Waals surface area contributed by atoms with Gasteiger partial charge >= 0.3 is 0 Å². The van der Waals surface area contributed by atoms with Crippen LogP contribution in [0.4, 0.5) is 0 Å². The summed E-state index contributed by atoms with van der Waals surface area (Å²) in [4.78, 5) is 14.5. The number of aromatic nitrogens is 2. The molecule has 41 heavy (non-hydrogen) atoms. The maximum absolute atomic E-state index is 10.0. The van der Waals surface area contributed by atoms with E-state index in [1.54, 1.807) is 0 Å². The third-order valence-electron chi connectivity index (χ3n) is 7.26. The Labute approximate surface area is 257 Å². The van der Waals surface area contributed by atoms with Gasteiger partial charge in [0.1, 0.15) is 0 Å². The molecule has 0 saturated heterocycles. The first-order valence-corrected chi connectivity index (χ1v) is 14.2. The van der Waals surface area contributed by atoms with Crippen LogP contribution in [0.25, 0.3) is 44.2 Å². The molecule has 0 aliphatic carbocycles. The van der Waals surface area contributed by atoms with Crippen molar-refractivity contribution in [3.8, 4) is 22.4 Å². The van der Waals surface area contributed by atoms with E-state index >= 15 is 0 Å². The SMILES string of the molecule is CC(=O)C=C(C)O.CCCCC(CC)Cn1c2ccccc2c2ccc(-c3c[c-]c(-c4ccccn4)cc3)cc21.[Ir]. The number of hydrogen-bond acceptors (Lipinski definition) is 3. The Morgan fingerprint density at radius 2 is 1.68 bits per heavy atom. The van der Waals surface area contributed by atoms with Crippen LogP contribution in [0, 0.1) is 12.0 Å². The number of aliphatic hydroxyl groups is 1. The molecule has 0 fully saturated rings. The number of pyridine rings is 1. The van der Waals surface area contributed by atoms with Crippen molar-refractivity contribution in [2.24, 2.45) is 5.92 Å². The van der Waals surface area contributed by atoms with Gasteiger partial charge in [-0.3, -0.25) is 4.79 Å². The molecule has 0 aliphatic heterocycles. The standard InChI is InChI=1S/C31H31N2.C5H8O2.Ir/c1-3-5-10-23(4-2)22-33-30-13-7-6-11-27(30)28-19-18-26(21-31(28)33)24-14-16-25(17-15-24)29-12-8-9-20-32-29;1-4(6)3-5(2)7;/h6-9,11-16,18-21,23H,3-5,10,22H2,1-2H3;3,6H,1-2H3;/q-1;;. The minimum absolute atomic E-state index is 0. The molecule has 0 bridgehead atoms. The summed E-state index contributed by atoms with van der Waals surface area (Å²) in [6, 6.07) is 31.6. The second kappa shape index (κ2) is 15.5. The molecule has 2 aromatic heterocycles. The molecule has 5 aromatic rings. The molecule has 3 aromatic carbocycles. The van der Waals surface area contributed by atoms with Crippen molar-refractivity contribution in [2.45, 2.75) is 59.9 Å². The number of carbonyl (C=O) groups is 1. The van der Waals surface area contributed by atoms with Gasteiger partial charge in [0, 0.05) is 60.7 Å². The summed E-state index contributed by atoms with van der Waals surface area (Å²) < 4.78 is 2.56. The monoisotopic (exact) mass is 724 g/mol. The van der Waals surface area contributed by atoms with Crippen molar-refractivity contribution in [1.29, 1.82) is 0 Å². The number of unbranched alkanes of at least 4 members (excludes halogenated alkanes) is 1. The number of para-hydroxylation sites is 1. The number of benzene rings is 3.